The lowest BCUT2D eigenvalue weighted by Gasteiger charge is -2.52. The molecule has 0 spiro atoms. The first kappa shape index (κ1) is 64.0. The van der Waals surface area contributed by atoms with Crippen LogP contribution in [0.1, 0.15) is 109 Å². The van der Waals surface area contributed by atoms with E-state index >= 15 is 0 Å². The Morgan fingerprint density at radius 1 is 0.637 bits per heavy atom. The van der Waals surface area contributed by atoms with Gasteiger partial charge in [0.1, 0.15) is 29.3 Å². The number of hydrogen-bond donors (Lipinski definition) is 8. The van der Waals surface area contributed by atoms with Crippen LogP contribution in [0.5, 0.6) is 0 Å². The molecule has 5 amide bonds. The molecule has 0 bridgehead atoms. The Kier molecular flexibility index (Phi) is 21.1. The minimum absolute atomic E-state index is 0.0116. The maximum absolute atomic E-state index is 13.8. The lowest BCUT2D eigenvalue weighted by molar-refractivity contribution is -0.369. The molecule has 5 aliphatic heterocycles. The fourth-order valence-corrected chi connectivity index (χ4v) is 11.6. The zero-order valence-corrected chi connectivity index (χ0v) is 47.3. The van der Waals surface area contributed by atoms with E-state index in [1.54, 1.807) is 34.6 Å². The van der Waals surface area contributed by atoms with E-state index in [0.29, 0.717) is 6.42 Å². The van der Waals surface area contributed by atoms with Crippen LogP contribution in [0.25, 0.3) is 0 Å². The number of amides is 5. The van der Waals surface area contributed by atoms with Gasteiger partial charge in [-0.15, -0.1) is 0 Å². The first-order valence-electron chi connectivity index (χ1n) is 27.0. The number of ketones is 1. The third kappa shape index (κ3) is 14.2. The number of Topliss-reactive ketones (excluding diaryl/α,β-unsaturated/α-hetero) is 1. The molecule has 80 heavy (non-hydrogen) atoms. The van der Waals surface area contributed by atoms with Crippen molar-refractivity contribution in [1.29, 1.82) is 0 Å². The SMILES string of the molecule is CCC1O[C@@H](OCC2O[C@@H](OC3[C@H](O)OC(C(N)=O)[C@@](C)(O)[C@@H]3OC(N)=O)C(NC(C)=O)[C@@H](C)[C@H]2O[C@@H]2OC(C)[C@H](O[C@@H]3OC(C(=O)NC4=C(O)CCC4=O)[C@H](C)[C@H](C)C3OC(C)=O)[C@H](C)C2NC(C)=O)C(OC(C)=O)[C@@H](C)[C@H]1C. The van der Waals surface area contributed by atoms with Gasteiger partial charge in [0, 0.05) is 64.2 Å². The van der Waals surface area contributed by atoms with E-state index in [0.717, 1.165) is 6.92 Å². The van der Waals surface area contributed by atoms with Gasteiger partial charge in [0.25, 0.3) is 5.91 Å². The van der Waals surface area contributed by atoms with E-state index in [1.807, 2.05) is 20.8 Å². The zero-order chi connectivity index (χ0) is 59.6. The summed E-state index contributed by atoms with van der Waals surface area (Å²) in [6, 6.07) is -2.33. The van der Waals surface area contributed by atoms with E-state index in [9.17, 15) is 53.7 Å². The van der Waals surface area contributed by atoms with Gasteiger partial charge in [-0.05, 0) is 32.1 Å². The summed E-state index contributed by atoms with van der Waals surface area (Å²) >= 11 is 0. The van der Waals surface area contributed by atoms with Crippen LogP contribution in [0.4, 0.5) is 4.79 Å². The van der Waals surface area contributed by atoms with E-state index in [2.05, 4.69) is 16.0 Å². The van der Waals surface area contributed by atoms with Gasteiger partial charge < -0.3 is 99.6 Å². The second-order valence-electron chi connectivity index (χ2n) is 22.1. The number of carbonyl (C=O) groups excluding carboxylic acids is 8. The summed E-state index contributed by atoms with van der Waals surface area (Å²) in [6.07, 6.45) is -22.5. The van der Waals surface area contributed by atoms with Crippen molar-refractivity contribution in [3.8, 4) is 0 Å². The van der Waals surface area contributed by atoms with Gasteiger partial charge in [-0.1, -0.05) is 48.5 Å². The van der Waals surface area contributed by atoms with Crippen LogP contribution in [0.3, 0.4) is 0 Å². The maximum Gasteiger partial charge on any atom is 0.404 e. The van der Waals surface area contributed by atoms with Crippen molar-refractivity contribution in [3.05, 3.63) is 11.5 Å². The van der Waals surface area contributed by atoms with Crippen molar-refractivity contribution in [2.75, 3.05) is 6.61 Å². The summed E-state index contributed by atoms with van der Waals surface area (Å²) in [6.45, 7) is 19.8. The number of primary amides is 2. The number of ether oxygens (including phenoxy) is 12. The summed E-state index contributed by atoms with van der Waals surface area (Å²) in [5, 5.41) is 41.5. The molecule has 0 aromatic carbocycles. The van der Waals surface area contributed by atoms with Crippen molar-refractivity contribution >= 4 is 47.4 Å². The van der Waals surface area contributed by atoms with Crippen LogP contribution < -0.4 is 27.4 Å². The molecule has 0 aromatic rings. The molecule has 5 fully saturated rings. The summed E-state index contributed by atoms with van der Waals surface area (Å²) < 4.78 is 74.6. The van der Waals surface area contributed by atoms with Gasteiger partial charge in [0.15, 0.2) is 67.8 Å². The Labute approximate surface area is 463 Å². The molecule has 0 saturated carbocycles. The fraction of sp³-hybridized carbons (Fsp3) is 0.808. The average Bonchev–Trinajstić information content (AvgIpc) is 3.68. The van der Waals surface area contributed by atoms with Gasteiger partial charge >= 0.3 is 18.0 Å². The van der Waals surface area contributed by atoms with Crippen molar-refractivity contribution in [2.24, 2.45) is 47.0 Å². The van der Waals surface area contributed by atoms with Crippen LogP contribution in [0, 0.1) is 35.5 Å². The van der Waals surface area contributed by atoms with Crippen molar-refractivity contribution in [3.63, 3.8) is 0 Å². The predicted octanol–water partition coefficient (Wildman–Crippen LogP) is -0.156. The second kappa shape index (κ2) is 26.4. The van der Waals surface area contributed by atoms with E-state index < -0.39 is 188 Å². The molecule has 10 N–H and O–H groups in total. The van der Waals surface area contributed by atoms with Crippen LogP contribution in [0.2, 0.25) is 0 Å². The van der Waals surface area contributed by atoms with Crippen molar-refractivity contribution in [2.45, 2.75) is 226 Å². The maximum atomic E-state index is 13.8. The summed E-state index contributed by atoms with van der Waals surface area (Å²) in [4.78, 5) is 102. The Morgan fingerprint density at radius 2 is 1.16 bits per heavy atom. The number of nitrogens with one attached hydrogen (secondary N) is 3. The molecule has 28 heteroatoms. The van der Waals surface area contributed by atoms with Crippen LogP contribution in [-0.2, 0) is 90.4 Å². The normalized spacial score (nSPS) is 42.2. The van der Waals surface area contributed by atoms with Gasteiger partial charge in [-0.3, -0.25) is 33.6 Å². The third-order valence-corrected chi connectivity index (χ3v) is 16.3. The molecule has 0 radical (unpaired) electrons. The lowest BCUT2D eigenvalue weighted by Crippen LogP contribution is -2.71. The van der Waals surface area contributed by atoms with Gasteiger partial charge in [0.2, 0.25) is 17.7 Å². The molecule has 0 aromatic heterocycles. The monoisotopic (exact) mass is 1140 g/mol. The van der Waals surface area contributed by atoms with Gasteiger partial charge in [-0.25, -0.2) is 4.79 Å². The smallest absolute Gasteiger partial charge is 0.404 e. The van der Waals surface area contributed by atoms with E-state index in [-0.39, 0.29) is 42.2 Å². The highest BCUT2D eigenvalue weighted by Gasteiger charge is 2.60. The quantitative estimate of drug-likeness (QED) is 0.0653. The summed E-state index contributed by atoms with van der Waals surface area (Å²) in [5.41, 5.74) is 8.20. The number of hydrogen-bond acceptors (Lipinski definition) is 23. The van der Waals surface area contributed by atoms with Crippen LogP contribution >= 0.6 is 0 Å². The van der Waals surface area contributed by atoms with E-state index in [1.165, 1.54) is 27.7 Å². The second-order valence-corrected chi connectivity index (χ2v) is 22.1. The molecule has 10 unspecified atom stereocenters. The molecular formula is C52H81N5O23. The predicted molar refractivity (Wildman–Crippen MR) is 270 cm³/mol. The zero-order valence-electron chi connectivity index (χ0n) is 47.3. The van der Waals surface area contributed by atoms with Crippen molar-refractivity contribution in [1.82, 2.24) is 16.0 Å². The van der Waals surface area contributed by atoms with Crippen LogP contribution in [-0.4, -0.2) is 186 Å². The number of aliphatic hydroxyl groups is 3. The highest BCUT2D eigenvalue weighted by Crippen LogP contribution is 2.42. The molecule has 28 nitrogen and oxygen atoms in total. The van der Waals surface area contributed by atoms with Gasteiger partial charge in [-0.2, -0.15) is 0 Å². The Hall–Kier alpha value is -5.14. The topological polar surface area (TPSA) is 396 Å². The van der Waals surface area contributed by atoms with Gasteiger partial charge in [0.05, 0.1) is 43.1 Å². The fourth-order valence-electron chi connectivity index (χ4n) is 11.6. The molecule has 5 heterocycles. The summed E-state index contributed by atoms with van der Waals surface area (Å²) in [5.74, 6) is -8.34. The molecule has 6 aliphatic rings. The number of nitrogens with two attached hydrogens (primary N) is 2. The number of aliphatic hydroxyl groups excluding tert-OH is 2. The number of esters is 2. The highest BCUT2D eigenvalue weighted by molar-refractivity contribution is 6.02. The first-order valence-corrected chi connectivity index (χ1v) is 27.0. The number of carbonyl (C=O) groups is 8. The highest BCUT2D eigenvalue weighted by atomic mass is 16.8. The van der Waals surface area contributed by atoms with E-state index in [4.69, 9.17) is 68.3 Å². The average molecular weight is 1140 g/mol. The minimum Gasteiger partial charge on any atom is -0.510 e. The standard InChI is InChI=1S/C52H81N5O23/c1-14-31-18(2)19(3)39(71-27(11)60)49(73-31)69-17-32-37(23(7)34(56-26(10)59)48(74-32)78-41-42(80-51(54)67)52(13,68)43(44(53)64)79-46(41)66)76-47-33(55-25(9)58)22(6)36(24(8)70-47)75-50-40(72-28(12)61)21(5)20(4)38(77-50)45(65)57-35-29(62)15-16-30(35)63/h18-24,31-34,36-43,46-50,62,66,68H,14-17H2,1-13H3,(H2,53,64)(H2,54,67)(H,55,58)(H,56,59)(H,57,65)/t18-,19+,20-,21+,22-,23-,24?,31?,32?,33?,34?,36-,37-,38?,39?,40?,41?,42-,43?,46-,47+,48+,49-,50-,52+/m1/s1. The number of rotatable bonds is 18. The largest absolute Gasteiger partial charge is 0.510 e. The Balaban J connectivity index is 1.35. The molecule has 1 aliphatic carbocycles. The number of allylic oxidation sites excluding steroid dienone is 2. The first-order chi connectivity index (χ1) is 37.4. The molecule has 25 atom stereocenters. The van der Waals surface area contributed by atoms with Crippen molar-refractivity contribution < 1.29 is 111 Å². The molecule has 6 rings (SSSR count). The third-order valence-electron chi connectivity index (χ3n) is 16.3. The lowest BCUT2D eigenvalue weighted by atomic mass is 9.82. The Morgan fingerprint density at radius 3 is 1.69 bits per heavy atom. The molecule has 5 saturated heterocycles. The molecular weight excluding hydrogens is 1060 g/mol. The Bertz CT molecular complexity index is 2320. The summed E-state index contributed by atoms with van der Waals surface area (Å²) in [7, 11) is 0. The minimum atomic E-state index is -2.47. The molecule has 452 valence electrons. The van der Waals surface area contributed by atoms with Crippen LogP contribution in [0.15, 0.2) is 11.5 Å².